The summed E-state index contributed by atoms with van der Waals surface area (Å²) in [5.41, 5.74) is 8.29. The van der Waals surface area contributed by atoms with Gasteiger partial charge in [-0.1, -0.05) is 24.3 Å². The average Bonchev–Trinajstić information content (AvgIpc) is 3.14. The third kappa shape index (κ3) is 1.93. The molecule has 1 saturated carbocycles. The van der Waals surface area contributed by atoms with Gasteiger partial charge in [-0.25, -0.2) is 0 Å². The zero-order chi connectivity index (χ0) is 12.5. The summed E-state index contributed by atoms with van der Waals surface area (Å²) >= 11 is 0. The van der Waals surface area contributed by atoms with Crippen molar-refractivity contribution in [3.63, 3.8) is 0 Å². The summed E-state index contributed by atoms with van der Waals surface area (Å²) in [6.45, 7) is 1.35. The highest BCUT2D eigenvalue weighted by atomic mass is 16.2. The van der Waals surface area contributed by atoms with Crippen molar-refractivity contribution < 1.29 is 4.79 Å². The maximum absolute atomic E-state index is 12.1. The molecule has 3 N–H and O–H groups in total. The van der Waals surface area contributed by atoms with Gasteiger partial charge >= 0.3 is 0 Å². The predicted octanol–water partition coefficient (Wildman–Crippen LogP) is 1.43. The van der Waals surface area contributed by atoms with Crippen LogP contribution < -0.4 is 11.1 Å². The molecule has 3 unspecified atom stereocenters. The standard InChI is InChI=1S/C15H20N2O/c16-8-3-9-17-15(18)14-12-7-6-10-4-1-2-5-11(10)13(12)14/h1-2,4-5,12-14H,3,6-9,16H2,(H,17,18). The van der Waals surface area contributed by atoms with Crippen molar-refractivity contribution in [2.75, 3.05) is 13.1 Å². The molecule has 3 heteroatoms. The van der Waals surface area contributed by atoms with Gasteiger partial charge in [0.15, 0.2) is 0 Å². The molecule has 0 heterocycles. The first-order chi connectivity index (χ1) is 8.83. The third-order valence-corrected chi connectivity index (χ3v) is 4.31. The molecule has 2 aliphatic rings. The largest absolute Gasteiger partial charge is 0.356 e. The Hall–Kier alpha value is -1.35. The predicted molar refractivity (Wildman–Crippen MR) is 71.2 cm³/mol. The molecule has 3 nitrogen and oxygen atoms in total. The van der Waals surface area contributed by atoms with Crippen LogP contribution in [0.15, 0.2) is 24.3 Å². The quantitative estimate of drug-likeness (QED) is 0.787. The van der Waals surface area contributed by atoms with Gasteiger partial charge in [0.25, 0.3) is 0 Å². The number of hydrogen-bond donors (Lipinski definition) is 2. The van der Waals surface area contributed by atoms with Crippen molar-refractivity contribution in [2.24, 2.45) is 17.6 Å². The number of fused-ring (bicyclic) bond motifs is 3. The monoisotopic (exact) mass is 244 g/mol. The molecule has 0 aromatic heterocycles. The number of aryl methyl sites for hydroxylation is 1. The molecule has 0 spiro atoms. The van der Waals surface area contributed by atoms with Crippen molar-refractivity contribution in [3.8, 4) is 0 Å². The maximum atomic E-state index is 12.1. The first-order valence-electron chi connectivity index (χ1n) is 6.88. The van der Waals surface area contributed by atoms with Crippen LogP contribution in [-0.4, -0.2) is 19.0 Å². The van der Waals surface area contributed by atoms with Gasteiger partial charge in [-0.2, -0.15) is 0 Å². The van der Waals surface area contributed by atoms with Gasteiger partial charge < -0.3 is 11.1 Å². The molecule has 3 rings (SSSR count). The van der Waals surface area contributed by atoms with E-state index in [0.717, 1.165) is 19.3 Å². The average molecular weight is 244 g/mol. The molecule has 1 aromatic carbocycles. The van der Waals surface area contributed by atoms with Crippen molar-refractivity contribution >= 4 is 5.91 Å². The van der Waals surface area contributed by atoms with Gasteiger partial charge in [0.05, 0.1) is 0 Å². The lowest BCUT2D eigenvalue weighted by Gasteiger charge is -2.13. The van der Waals surface area contributed by atoms with E-state index >= 15 is 0 Å². The summed E-state index contributed by atoms with van der Waals surface area (Å²) in [7, 11) is 0. The number of carbonyl (C=O) groups excluding carboxylic acids is 1. The van der Waals surface area contributed by atoms with Crippen molar-refractivity contribution in [1.82, 2.24) is 5.32 Å². The summed E-state index contributed by atoms with van der Waals surface area (Å²) in [4.78, 5) is 12.1. The maximum Gasteiger partial charge on any atom is 0.224 e. The molecule has 1 aromatic rings. The summed E-state index contributed by atoms with van der Waals surface area (Å²) in [5, 5.41) is 3.01. The molecule has 1 amide bonds. The van der Waals surface area contributed by atoms with Crippen LogP contribution in [0.3, 0.4) is 0 Å². The van der Waals surface area contributed by atoms with Gasteiger partial charge in [-0.05, 0) is 48.8 Å². The lowest BCUT2D eigenvalue weighted by atomic mass is 9.92. The molecule has 3 atom stereocenters. The third-order valence-electron chi connectivity index (χ3n) is 4.31. The first-order valence-corrected chi connectivity index (χ1v) is 6.88. The van der Waals surface area contributed by atoms with E-state index in [1.54, 1.807) is 0 Å². The highest BCUT2D eigenvalue weighted by molar-refractivity contribution is 5.84. The highest BCUT2D eigenvalue weighted by Crippen LogP contribution is 2.59. The Morgan fingerprint density at radius 3 is 3.06 bits per heavy atom. The number of amides is 1. The van der Waals surface area contributed by atoms with Crippen molar-refractivity contribution in [1.29, 1.82) is 0 Å². The molecule has 2 aliphatic carbocycles. The van der Waals surface area contributed by atoms with Gasteiger partial charge in [-0.3, -0.25) is 4.79 Å². The number of benzene rings is 1. The van der Waals surface area contributed by atoms with E-state index in [-0.39, 0.29) is 11.8 Å². The fourth-order valence-corrected chi connectivity index (χ4v) is 3.36. The van der Waals surface area contributed by atoms with Crippen molar-refractivity contribution in [2.45, 2.75) is 25.2 Å². The molecule has 0 radical (unpaired) electrons. The Morgan fingerprint density at radius 2 is 2.22 bits per heavy atom. The van der Waals surface area contributed by atoms with E-state index in [2.05, 4.69) is 29.6 Å². The Labute approximate surface area is 108 Å². The summed E-state index contributed by atoms with van der Waals surface area (Å²) in [6.07, 6.45) is 3.16. The molecular formula is C15H20N2O. The topological polar surface area (TPSA) is 55.1 Å². The highest BCUT2D eigenvalue weighted by Gasteiger charge is 2.56. The minimum atomic E-state index is 0.214. The first kappa shape index (κ1) is 11.7. The normalized spacial score (nSPS) is 28.2. The van der Waals surface area contributed by atoms with Crippen molar-refractivity contribution in [3.05, 3.63) is 35.4 Å². The van der Waals surface area contributed by atoms with Crippen LogP contribution in [0.5, 0.6) is 0 Å². The fourth-order valence-electron chi connectivity index (χ4n) is 3.36. The van der Waals surface area contributed by atoms with E-state index in [1.807, 2.05) is 0 Å². The Morgan fingerprint density at radius 1 is 1.39 bits per heavy atom. The molecular weight excluding hydrogens is 224 g/mol. The van der Waals surface area contributed by atoms with E-state index in [9.17, 15) is 4.79 Å². The second kappa shape index (κ2) is 4.73. The van der Waals surface area contributed by atoms with E-state index in [0.29, 0.717) is 24.9 Å². The Bertz CT molecular complexity index is 458. The number of carbonyl (C=O) groups is 1. The molecule has 18 heavy (non-hydrogen) atoms. The van der Waals surface area contributed by atoms with Crippen LogP contribution in [0, 0.1) is 11.8 Å². The SMILES string of the molecule is NCCCNC(=O)C1C2CCc3ccccc3C21. The van der Waals surface area contributed by atoms with Crippen LogP contribution in [0.25, 0.3) is 0 Å². The second-order valence-electron chi connectivity index (χ2n) is 5.39. The molecule has 0 bridgehead atoms. The Kier molecular flexibility index (Phi) is 3.08. The van der Waals surface area contributed by atoms with Crippen LogP contribution in [0.4, 0.5) is 0 Å². The van der Waals surface area contributed by atoms with E-state index in [1.165, 1.54) is 11.1 Å². The minimum Gasteiger partial charge on any atom is -0.356 e. The fraction of sp³-hybridized carbons (Fsp3) is 0.533. The van der Waals surface area contributed by atoms with Crippen LogP contribution in [0.2, 0.25) is 0 Å². The Balaban J connectivity index is 1.67. The summed E-state index contributed by atoms with van der Waals surface area (Å²) in [6, 6.07) is 8.58. The smallest absolute Gasteiger partial charge is 0.224 e. The molecule has 0 saturated heterocycles. The van der Waals surface area contributed by atoms with E-state index in [4.69, 9.17) is 5.73 Å². The van der Waals surface area contributed by atoms with E-state index < -0.39 is 0 Å². The van der Waals surface area contributed by atoms with Gasteiger partial charge in [0.2, 0.25) is 5.91 Å². The number of hydrogen-bond acceptors (Lipinski definition) is 2. The summed E-state index contributed by atoms with van der Waals surface area (Å²) < 4.78 is 0. The minimum absolute atomic E-state index is 0.214. The zero-order valence-electron chi connectivity index (χ0n) is 10.6. The number of rotatable bonds is 4. The van der Waals surface area contributed by atoms with Gasteiger partial charge in [-0.15, -0.1) is 0 Å². The lowest BCUT2D eigenvalue weighted by molar-refractivity contribution is -0.122. The number of nitrogens with one attached hydrogen (secondary N) is 1. The number of nitrogens with two attached hydrogens (primary N) is 1. The second-order valence-corrected chi connectivity index (χ2v) is 5.39. The van der Waals surface area contributed by atoms with Gasteiger partial charge in [0, 0.05) is 12.5 Å². The summed E-state index contributed by atoms with van der Waals surface area (Å²) in [5.74, 6) is 1.51. The molecule has 96 valence electrons. The lowest BCUT2D eigenvalue weighted by Crippen LogP contribution is -2.28. The molecule has 0 aliphatic heterocycles. The van der Waals surface area contributed by atoms with Crippen LogP contribution in [0.1, 0.15) is 29.9 Å². The van der Waals surface area contributed by atoms with Crippen LogP contribution in [-0.2, 0) is 11.2 Å². The van der Waals surface area contributed by atoms with Crippen LogP contribution >= 0.6 is 0 Å². The zero-order valence-corrected chi connectivity index (χ0v) is 10.6. The molecule has 1 fully saturated rings. The van der Waals surface area contributed by atoms with Gasteiger partial charge in [0.1, 0.15) is 0 Å².